The molecular weight excluding hydrogens is 250 g/mol. The predicted molar refractivity (Wildman–Crippen MR) is 84.0 cm³/mol. The number of nitrogens with zero attached hydrogens (tertiary/aromatic N) is 2. The number of rotatable bonds is 10. The lowest BCUT2D eigenvalue weighted by Crippen LogP contribution is -2.50. The molecule has 0 saturated heterocycles. The SMILES string of the molecule is CCCNC(Cc1nccn1CCC)C(C)(C)OCC. The van der Waals surface area contributed by atoms with Crippen LogP contribution in [0.15, 0.2) is 12.4 Å². The van der Waals surface area contributed by atoms with Crippen molar-refractivity contribution in [1.29, 1.82) is 0 Å². The number of hydrogen-bond acceptors (Lipinski definition) is 3. The van der Waals surface area contributed by atoms with Crippen LogP contribution in [0.4, 0.5) is 0 Å². The zero-order valence-electron chi connectivity index (χ0n) is 13.8. The zero-order valence-corrected chi connectivity index (χ0v) is 13.8. The van der Waals surface area contributed by atoms with Gasteiger partial charge in [-0.25, -0.2) is 4.98 Å². The van der Waals surface area contributed by atoms with Gasteiger partial charge in [0.15, 0.2) is 0 Å². The number of aryl methyl sites for hydroxylation is 1. The van der Waals surface area contributed by atoms with Crippen LogP contribution in [-0.2, 0) is 17.7 Å². The minimum atomic E-state index is -0.188. The smallest absolute Gasteiger partial charge is 0.110 e. The van der Waals surface area contributed by atoms with E-state index in [4.69, 9.17) is 4.74 Å². The van der Waals surface area contributed by atoms with E-state index < -0.39 is 0 Å². The number of hydrogen-bond donors (Lipinski definition) is 1. The van der Waals surface area contributed by atoms with E-state index >= 15 is 0 Å². The number of ether oxygens (including phenoxy) is 1. The van der Waals surface area contributed by atoms with Gasteiger partial charge in [0, 0.05) is 38.0 Å². The third-order valence-electron chi connectivity index (χ3n) is 3.65. The first-order chi connectivity index (χ1) is 9.55. The van der Waals surface area contributed by atoms with E-state index in [1.54, 1.807) is 0 Å². The summed E-state index contributed by atoms with van der Waals surface area (Å²) in [6, 6.07) is 0.278. The average Bonchev–Trinajstić information content (AvgIpc) is 2.82. The van der Waals surface area contributed by atoms with Crippen LogP contribution < -0.4 is 5.32 Å². The quantitative estimate of drug-likeness (QED) is 0.716. The van der Waals surface area contributed by atoms with Crippen molar-refractivity contribution >= 4 is 0 Å². The summed E-state index contributed by atoms with van der Waals surface area (Å²) in [5, 5.41) is 3.62. The molecule has 4 nitrogen and oxygen atoms in total. The minimum absolute atomic E-state index is 0.188. The Morgan fingerprint density at radius 2 is 2.05 bits per heavy atom. The number of aromatic nitrogens is 2. The van der Waals surface area contributed by atoms with Crippen LogP contribution in [0, 0.1) is 0 Å². The molecule has 0 fully saturated rings. The normalized spacial score (nSPS) is 13.7. The molecule has 20 heavy (non-hydrogen) atoms. The summed E-state index contributed by atoms with van der Waals surface area (Å²) in [7, 11) is 0. The molecule has 0 bridgehead atoms. The average molecular weight is 281 g/mol. The molecule has 4 heteroatoms. The Hall–Kier alpha value is -0.870. The second-order valence-corrected chi connectivity index (χ2v) is 5.78. The number of nitrogens with one attached hydrogen (secondary N) is 1. The molecular formula is C16H31N3O. The van der Waals surface area contributed by atoms with Gasteiger partial charge in [-0.2, -0.15) is 0 Å². The Balaban J connectivity index is 2.80. The molecule has 0 aliphatic carbocycles. The second-order valence-electron chi connectivity index (χ2n) is 5.78. The largest absolute Gasteiger partial charge is 0.374 e. The molecule has 0 amide bonds. The Labute approximate surface area is 123 Å². The second kappa shape index (κ2) is 8.42. The Kier molecular flexibility index (Phi) is 7.24. The third-order valence-corrected chi connectivity index (χ3v) is 3.65. The summed E-state index contributed by atoms with van der Waals surface area (Å²) in [6.45, 7) is 13.5. The van der Waals surface area contributed by atoms with Gasteiger partial charge < -0.3 is 14.6 Å². The summed E-state index contributed by atoms with van der Waals surface area (Å²) in [5.41, 5.74) is -0.188. The summed E-state index contributed by atoms with van der Waals surface area (Å²) in [4.78, 5) is 4.52. The monoisotopic (exact) mass is 281 g/mol. The fourth-order valence-corrected chi connectivity index (χ4v) is 2.51. The Morgan fingerprint density at radius 1 is 1.30 bits per heavy atom. The molecule has 1 N–H and O–H groups in total. The van der Waals surface area contributed by atoms with E-state index in [0.717, 1.165) is 44.8 Å². The lowest BCUT2D eigenvalue weighted by Gasteiger charge is -2.35. The van der Waals surface area contributed by atoms with E-state index in [2.05, 4.69) is 55.7 Å². The summed E-state index contributed by atoms with van der Waals surface area (Å²) in [6.07, 6.45) is 7.13. The zero-order chi connectivity index (χ0) is 15.0. The molecule has 0 aromatic carbocycles. The first-order valence-corrected chi connectivity index (χ1v) is 7.92. The molecule has 1 atom stereocenters. The van der Waals surface area contributed by atoms with Gasteiger partial charge in [-0.3, -0.25) is 0 Å². The van der Waals surface area contributed by atoms with Crippen molar-refractivity contribution in [3.8, 4) is 0 Å². The highest BCUT2D eigenvalue weighted by molar-refractivity contribution is 5.00. The van der Waals surface area contributed by atoms with Gasteiger partial charge in [-0.1, -0.05) is 13.8 Å². The fraction of sp³-hybridized carbons (Fsp3) is 0.812. The Morgan fingerprint density at radius 3 is 2.65 bits per heavy atom. The van der Waals surface area contributed by atoms with Crippen molar-refractivity contribution in [2.45, 2.75) is 72.1 Å². The van der Waals surface area contributed by atoms with Gasteiger partial charge in [-0.15, -0.1) is 0 Å². The maximum atomic E-state index is 5.94. The van der Waals surface area contributed by atoms with Crippen molar-refractivity contribution < 1.29 is 4.74 Å². The Bertz CT molecular complexity index is 374. The molecule has 0 radical (unpaired) electrons. The van der Waals surface area contributed by atoms with Gasteiger partial charge in [0.2, 0.25) is 0 Å². The maximum Gasteiger partial charge on any atom is 0.110 e. The van der Waals surface area contributed by atoms with Gasteiger partial charge in [-0.05, 0) is 40.2 Å². The fourth-order valence-electron chi connectivity index (χ4n) is 2.51. The topological polar surface area (TPSA) is 39.1 Å². The predicted octanol–water partition coefficient (Wildman–Crippen LogP) is 3.02. The van der Waals surface area contributed by atoms with Gasteiger partial charge in [0.1, 0.15) is 5.82 Å². The number of imidazole rings is 1. The maximum absolute atomic E-state index is 5.94. The van der Waals surface area contributed by atoms with Crippen molar-refractivity contribution in [2.24, 2.45) is 0 Å². The molecule has 0 spiro atoms. The standard InChI is InChI=1S/C16H31N3O/c1-6-9-17-14(16(4,5)20-8-3)13-15-18-10-12-19(15)11-7-2/h10,12,14,17H,6-9,11,13H2,1-5H3. The first kappa shape index (κ1) is 17.2. The lowest BCUT2D eigenvalue weighted by atomic mass is 9.94. The van der Waals surface area contributed by atoms with E-state index in [9.17, 15) is 0 Å². The molecule has 1 aromatic heterocycles. The van der Waals surface area contributed by atoms with Crippen LogP contribution >= 0.6 is 0 Å². The van der Waals surface area contributed by atoms with Crippen LogP contribution in [0.5, 0.6) is 0 Å². The van der Waals surface area contributed by atoms with Gasteiger partial charge in [0.25, 0.3) is 0 Å². The third kappa shape index (κ3) is 4.91. The molecule has 1 heterocycles. The van der Waals surface area contributed by atoms with Crippen molar-refractivity contribution in [2.75, 3.05) is 13.2 Å². The molecule has 0 aliphatic rings. The lowest BCUT2D eigenvalue weighted by molar-refractivity contribution is -0.0385. The molecule has 1 rings (SSSR count). The molecule has 116 valence electrons. The van der Waals surface area contributed by atoms with Crippen molar-refractivity contribution in [1.82, 2.24) is 14.9 Å². The first-order valence-electron chi connectivity index (χ1n) is 7.92. The summed E-state index contributed by atoms with van der Waals surface area (Å²) >= 11 is 0. The molecule has 0 saturated carbocycles. The van der Waals surface area contributed by atoms with Crippen LogP contribution in [0.3, 0.4) is 0 Å². The van der Waals surface area contributed by atoms with Crippen LogP contribution in [0.1, 0.15) is 53.3 Å². The van der Waals surface area contributed by atoms with Crippen LogP contribution in [-0.4, -0.2) is 34.3 Å². The van der Waals surface area contributed by atoms with Crippen molar-refractivity contribution in [3.05, 3.63) is 18.2 Å². The highest BCUT2D eigenvalue weighted by Crippen LogP contribution is 2.19. The van der Waals surface area contributed by atoms with Gasteiger partial charge in [0.05, 0.1) is 5.60 Å². The molecule has 0 aliphatic heterocycles. The van der Waals surface area contributed by atoms with Crippen molar-refractivity contribution in [3.63, 3.8) is 0 Å². The van der Waals surface area contributed by atoms with E-state index in [-0.39, 0.29) is 11.6 Å². The summed E-state index contributed by atoms with van der Waals surface area (Å²) < 4.78 is 8.19. The minimum Gasteiger partial charge on any atom is -0.374 e. The van der Waals surface area contributed by atoms with E-state index in [1.165, 1.54) is 0 Å². The highest BCUT2D eigenvalue weighted by Gasteiger charge is 2.30. The molecule has 1 unspecified atom stereocenters. The molecule has 1 aromatic rings. The summed E-state index contributed by atoms with van der Waals surface area (Å²) in [5.74, 6) is 1.15. The van der Waals surface area contributed by atoms with Crippen LogP contribution in [0.2, 0.25) is 0 Å². The highest BCUT2D eigenvalue weighted by atomic mass is 16.5. The van der Waals surface area contributed by atoms with Crippen LogP contribution in [0.25, 0.3) is 0 Å². The van der Waals surface area contributed by atoms with Gasteiger partial charge >= 0.3 is 0 Å². The van der Waals surface area contributed by atoms with E-state index in [0.29, 0.717) is 0 Å². The van der Waals surface area contributed by atoms with E-state index in [1.807, 2.05) is 6.20 Å².